The van der Waals surface area contributed by atoms with E-state index in [1.165, 1.54) is 18.2 Å². The summed E-state index contributed by atoms with van der Waals surface area (Å²) < 4.78 is 5.46. The van der Waals surface area contributed by atoms with Crippen LogP contribution in [0.3, 0.4) is 0 Å². The molecule has 2 heterocycles. The van der Waals surface area contributed by atoms with Gasteiger partial charge >= 0.3 is 0 Å². The van der Waals surface area contributed by atoms with Gasteiger partial charge in [0.1, 0.15) is 23.3 Å². The number of ether oxygens (including phenoxy) is 1. The minimum absolute atomic E-state index is 0.0341. The molecule has 2 aromatic rings. The summed E-state index contributed by atoms with van der Waals surface area (Å²) in [6.07, 6.45) is 2.06. The van der Waals surface area contributed by atoms with Crippen LogP contribution in [0.4, 0.5) is 0 Å². The van der Waals surface area contributed by atoms with Gasteiger partial charge in [0.05, 0.1) is 13.2 Å². The van der Waals surface area contributed by atoms with Crippen LogP contribution >= 0.6 is 0 Å². The van der Waals surface area contributed by atoms with Crippen LogP contribution in [0.5, 0.6) is 17.2 Å². The van der Waals surface area contributed by atoms with Crippen LogP contribution in [0, 0.1) is 0 Å². The number of hydrogen-bond donors (Lipinski definition) is 2. The van der Waals surface area contributed by atoms with Gasteiger partial charge in [0.15, 0.2) is 0 Å². The second-order valence-corrected chi connectivity index (χ2v) is 8.11. The summed E-state index contributed by atoms with van der Waals surface area (Å²) in [5.74, 6) is 0.370. The molecule has 0 bridgehead atoms. The molecule has 2 N–H and O–H groups in total. The highest BCUT2D eigenvalue weighted by atomic mass is 16.5. The molecule has 2 atom stereocenters. The molecule has 4 rings (SSSR count). The Balaban J connectivity index is 1.52. The second kappa shape index (κ2) is 8.88. The molecule has 0 spiro atoms. The fourth-order valence-corrected chi connectivity index (χ4v) is 4.64. The van der Waals surface area contributed by atoms with Crippen molar-refractivity contribution in [1.82, 2.24) is 9.80 Å². The molecule has 2 aliphatic rings. The summed E-state index contributed by atoms with van der Waals surface area (Å²) in [5.41, 5.74) is 1.58. The Kier molecular flexibility index (Phi) is 6.02. The van der Waals surface area contributed by atoms with Crippen molar-refractivity contribution < 1.29 is 24.5 Å². The molecule has 0 radical (unpaired) electrons. The summed E-state index contributed by atoms with van der Waals surface area (Å²) in [5, 5.41) is 20.3. The fourth-order valence-electron chi connectivity index (χ4n) is 4.64. The Bertz CT molecular complexity index is 959. The maximum absolute atomic E-state index is 13.4. The number of amides is 2. The van der Waals surface area contributed by atoms with Gasteiger partial charge in [-0.05, 0) is 62.1 Å². The van der Waals surface area contributed by atoms with Crippen LogP contribution in [-0.4, -0.2) is 64.1 Å². The molecule has 7 nitrogen and oxygen atoms in total. The summed E-state index contributed by atoms with van der Waals surface area (Å²) >= 11 is 0. The number of phenolic OH excluding ortho intramolecular Hbond substituents is 2. The number of rotatable bonds is 6. The zero-order chi connectivity index (χ0) is 22.0. The molecule has 31 heavy (non-hydrogen) atoms. The average Bonchev–Trinajstić information content (AvgIpc) is 2.77. The highest BCUT2D eigenvalue weighted by Gasteiger charge is 2.46. The number of fused-ring (bicyclic) bond motifs is 1. The zero-order valence-electron chi connectivity index (χ0n) is 17.7. The second-order valence-electron chi connectivity index (χ2n) is 8.11. The lowest BCUT2D eigenvalue weighted by Gasteiger charge is -2.46. The molecular weight excluding hydrogens is 396 g/mol. The quantitative estimate of drug-likeness (QED) is 0.696. The minimum atomic E-state index is -0.650. The first-order chi connectivity index (χ1) is 15.0. The van der Waals surface area contributed by atoms with E-state index in [0.717, 1.165) is 17.7 Å². The average molecular weight is 424 g/mol. The van der Waals surface area contributed by atoms with Gasteiger partial charge in [-0.3, -0.25) is 9.59 Å². The van der Waals surface area contributed by atoms with Crippen LogP contribution < -0.4 is 4.74 Å². The van der Waals surface area contributed by atoms with E-state index in [9.17, 15) is 19.8 Å². The SMILES string of the molecule is CCOc1ccc(CCN2CC(=O)N3CCC[C@H](c4cc(O)ccc4O)[C@@H]3C2=O)cc1. The normalized spacial score (nSPS) is 21.2. The zero-order valence-corrected chi connectivity index (χ0v) is 17.7. The van der Waals surface area contributed by atoms with Crippen molar-refractivity contribution in [3.05, 3.63) is 53.6 Å². The molecule has 7 heteroatoms. The van der Waals surface area contributed by atoms with Crippen LogP contribution in [0.1, 0.15) is 36.8 Å². The number of hydrogen-bond acceptors (Lipinski definition) is 5. The van der Waals surface area contributed by atoms with Crippen molar-refractivity contribution in [3.8, 4) is 17.2 Å². The number of phenols is 2. The third kappa shape index (κ3) is 4.31. The van der Waals surface area contributed by atoms with Gasteiger partial charge in [0.2, 0.25) is 11.8 Å². The van der Waals surface area contributed by atoms with Gasteiger partial charge in [-0.25, -0.2) is 0 Å². The first-order valence-corrected chi connectivity index (χ1v) is 10.8. The first kappa shape index (κ1) is 21.0. The molecule has 2 saturated heterocycles. The van der Waals surface area contributed by atoms with Crippen molar-refractivity contribution >= 4 is 11.8 Å². The van der Waals surface area contributed by atoms with Crippen molar-refractivity contribution in [2.45, 2.75) is 38.1 Å². The topological polar surface area (TPSA) is 90.3 Å². The predicted molar refractivity (Wildman–Crippen MR) is 115 cm³/mol. The van der Waals surface area contributed by atoms with E-state index in [1.807, 2.05) is 31.2 Å². The largest absolute Gasteiger partial charge is 0.508 e. The van der Waals surface area contributed by atoms with Gasteiger partial charge in [-0.2, -0.15) is 0 Å². The van der Waals surface area contributed by atoms with Gasteiger partial charge in [0.25, 0.3) is 0 Å². The standard InChI is InChI=1S/C24H28N2O5/c1-2-31-18-8-5-16(6-9-18)11-13-25-15-22(29)26-12-3-4-19(23(26)24(25)30)20-14-17(27)7-10-21(20)28/h5-10,14,19,23,27-28H,2-4,11-13,15H2,1H3/t19-,23-/m1/s1. The number of piperazine rings is 1. The summed E-state index contributed by atoms with van der Waals surface area (Å²) in [7, 11) is 0. The van der Waals surface area contributed by atoms with Gasteiger partial charge < -0.3 is 24.7 Å². The molecular formula is C24H28N2O5. The highest BCUT2D eigenvalue weighted by molar-refractivity contribution is 5.96. The molecule has 0 aromatic heterocycles. The molecule has 164 valence electrons. The molecule has 2 aliphatic heterocycles. The maximum Gasteiger partial charge on any atom is 0.246 e. The van der Waals surface area contributed by atoms with E-state index < -0.39 is 6.04 Å². The van der Waals surface area contributed by atoms with Crippen LogP contribution in [0.2, 0.25) is 0 Å². The number of carbonyl (C=O) groups is 2. The molecule has 0 aliphatic carbocycles. The number of aromatic hydroxyl groups is 2. The van der Waals surface area contributed by atoms with Crippen molar-refractivity contribution in [2.24, 2.45) is 0 Å². The van der Waals surface area contributed by atoms with Crippen LogP contribution in [0.15, 0.2) is 42.5 Å². The van der Waals surface area contributed by atoms with Crippen LogP contribution in [-0.2, 0) is 16.0 Å². The van der Waals surface area contributed by atoms with Crippen molar-refractivity contribution in [3.63, 3.8) is 0 Å². The summed E-state index contributed by atoms with van der Waals surface area (Å²) in [6, 6.07) is 11.5. The van der Waals surface area contributed by atoms with E-state index >= 15 is 0 Å². The number of piperidine rings is 1. The maximum atomic E-state index is 13.4. The van der Waals surface area contributed by atoms with Crippen molar-refractivity contribution in [1.29, 1.82) is 0 Å². The lowest BCUT2D eigenvalue weighted by molar-refractivity contribution is -0.158. The Morgan fingerprint density at radius 1 is 1.10 bits per heavy atom. The predicted octanol–water partition coefficient (Wildman–Crippen LogP) is 2.66. The first-order valence-electron chi connectivity index (χ1n) is 10.8. The Labute approximate surface area is 181 Å². The Morgan fingerprint density at radius 2 is 1.87 bits per heavy atom. The lowest BCUT2D eigenvalue weighted by Crippen LogP contribution is -2.63. The summed E-state index contributed by atoms with van der Waals surface area (Å²) in [4.78, 5) is 29.5. The number of benzene rings is 2. The highest BCUT2D eigenvalue weighted by Crippen LogP contribution is 2.40. The Morgan fingerprint density at radius 3 is 2.61 bits per heavy atom. The lowest BCUT2D eigenvalue weighted by atomic mass is 9.81. The van der Waals surface area contributed by atoms with Gasteiger partial charge in [-0.15, -0.1) is 0 Å². The minimum Gasteiger partial charge on any atom is -0.508 e. The van der Waals surface area contributed by atoms with E-state index in [4.69, 9.17) is 4.74 Å². The van der Waals surface area contributed by atoms with Crippen molar-refractivity contribution in [2.75, 3.05) is 26.2 Å². The molecule has 2 amide bonds. The van der Waals surface area contributed by atoms with Gasteiger partial charge in [-0.1, -0.05) is 12.1 Å². The molecule has 2 fully saturated rings. The van der Waals surface area contributed by atoms with E-state index in [2.05, 4.69) is 0 Å². The van der Waals surface area contributed by atoms with E-state index in [1.54, 1.807) is 9.80 Å². The number of nitrogens with zero attached hydrogens (tertiary/aromatic N) is 2. The summed E-state index contributed by atoms with van der Waals surface area (Å²) in [6.45, 7) is 3.60. The third-order valence-electron chi connectivity index (χ3n) is 6.16. The van der Waals surface area contributed by atoms with Gasteiger partial charge in [0, 0.05) is 24.6 Å². The van der Waals surface area contributed by atoms with E-state index in [-0.39, 0.29) is 35.8 Å². The molecule has 2 aromatic carbocycles. The third-order valence-corrected chi connectivity index (χ3v) is 6.16. The smallest absolute Gasteiger partial charge is 0.246 e. The number of carbonyl (C=O) groups excluding carboxylic acids is 2. The molecule has 0 unspecified atom stereocenters. The van der Waals surface area contributed by atoms with Crippen LogP contribution in [0.25, 0.3) is 0 Å². The fraction of sp³-hybridized carbons (Fsp3) is 0.417. The molecule has 0 saturated carbocycles. The van der Waals surface area contributed by atoms with E-state index in [0.29, 0.717) is 38.1 Å². The Hall–Kier alpha value is -3.22. The monoisotopic (exact) mass is 424 g/mol.